The van der Waals surface area contributed by atoms with Gasteiger partial charge in [-0.3, -0.25) is 9.59 Å². The molecule has 0 saturated heterocycles. The van der Waals surface area contributed by atoms with Gasteiger partial charge in [0, 0.05) is 17.7 Å². The van der Waals surface area contributed by atoms with Crippen LogP contribution < -0.4 is 0 Å². The van der Waals surface area contributed by atoms with Crippen LogP contribution in [0.2, 0.25) is 0 Å². The maximum atomic E-state index is 11.4. The van der Waals surface area contributed by atoms with Gasteiger partial charge < -0.3 is 14.8 Å². The Hall–Kier alpha value is -4.97. The summed E-state index contributed by atoms with van der Waals surface area (Å²) in [5.41, 5.74) is 9.86. The third kappa shape index (κ3) is 5.88. The van der Waals surface area contributed by atoms with E-state index in [-0.39, 0.29) is 12.8 Å². The van der Waals surface area contributed by atoms with Gasteiger partial charge in [0.25, 0.3) is 0 Å². The van der Waals surface area contributed by atoms with Crippen molar-refractivity contribution in [1.29, 1.82) is 0 Å². The summed E-state index contributed by atoms with van der Waals surface area (Å²) < 4.78 is 2.14. The molecule has 1 aromatic heterocycles. The first-order valence-corrected chi connectivity index (χ1v) is 14.3. The van der Waals surface area contributed by atoms with E-state index in [2.05, 4.69) is 47.0 Å². The van der Waals surface area contributed by atoms with Gasteiger partial charge in [-0.25, -0.2) is 4.98 Å². The van der Waals surface area contributed by atoms with Gasteiger partial charge in [0.05, 0.1) is 23.9 Å². The Morgan fingerprint density at radius 2 is 1.38 bits per heavy atom. The first-order chi connectivity index (χ1) is 20.4. The molecule has 0 atom stereocenters. The molecule has 0 unspecified atom stereocenters. The molecular weight excluding hydrogens is 524 g/mol. The second-order valence-corrected chi connectivity index (χ2v) is 10.9. The largest absolute Gasteiger partial charge is 0.481 e. The van der Waals surface area contributed by atoms with Crippen molar-refractivity contribution >= 4 is 28.5 Å². The van der Waals surface area contributed by atoms with E-state index in [4.69, 9.17) is 4.98 Å². The Balaban J connectivity index is 1.46. The number of imidazole rings is 1. The SMILES string of the molecule is O=C(O)Cc1cccc(Cn2c(-c3cccc(CC(=O)O)c3)nc3c(-c4ccc(C5=CCCCC5)cc4)cccc32)c1. The van der Waals surface area contributed by atoms with Crippen molar-refractivity contribution in [3.8, 4) is 22.5 Å². The summed E-state index contributed by atoms with van der Waals surface area (Å²) in [6.45, 7) is 0.485. The Morgan fingerprint density at radius 1 is 0.714 bits per heavy atom. The Bertz CT molecular complexity index is 1810. The number of carboxylic acid groups (broad SMARTS) is 2. The number of nitrogens with zero attached hydrogens (tertiary/aromatic N) is 2. The molecule has 0 fully saturated rings. The molecule has 6 nitrogen and oxygen atoms in total. The maximum absolute atomic E-state index is 11.4. The molecule has 0 aliphatic heterocycles. The molecule has 1 aliphatic carbocycles. The summed E-state index contributed by atoms with van der Waals surface area (Å²) >= 11 is 0. The minimum Gasteiger partial charge on any atom is -0.481 e. The highest BCUT2D eigenvalue weighted by molar-refractivity contribution is 5.94. The lowest BCUT2D eigenvalue weighted by Gasteiger charge is -2.13. The number of hydrogen-bond donors (Lipinski definition) is 2. The van der Waals surface area contributed by atoms with Crippen LogP contribution in [-0.2, 0) is 29.0 Å². The predicted molar refractivity (Wildman–Crippen MR) is 165 cm³/mol. The van der Waals surface area contributed by atoms with Crippen molar-refractivity contribution in [2.24, 2.45) is 0 Å². The van der Waals surface area contributed by atoms with Crippen molar-refractivity contribution in [2.45, 2.75) is 45.1 Å². The number of para-hydroxylation sites is 1. The first kappa shape index (κ1) is 27.2. The molecule has 6 rings (SSSR count). The monoisotopic (exact) mass is 556 g/mol. The van der Waals surface area contributed by atoms with Gasteiger partial charge in [-0.1, -0.05) is 84.9 Å². The van der Waals surface area contributed by atoms with E-state index in [9.17, 15) is 19.8 Å². The number of aromatic nitrogens is 2. The lowest BCUT2D eigenvalue weighted by Crippen LogP contribution is -2.05. The highest BCUT2D eigenvalue weighted by Crippen LogP contribution is 2.35. The van der Waals surface area contributed by atoms with Crippen LogP contribution in [0, 0.1) is 0 Å². The lowest BCUT2D eigenvalue weighted by molar-refractivity contribution is -0.137. The Morgan fingerprint density at radius 3 is 2.10 bits per heavy atom. The fraction of sp³-hybridized carbons (Fsp3) is 0.194. The van der Waals surface area contributed by atoms with Gasteiger partial charge in [-0.05, 0) is 71.2 Å². The van der Waals surface area contributed by atoms with Gasteiger partial charge in [-0.15, -0.1) is 0 Å². The molecule has 0 bridgehead atoms. The fourth-order valence-corrected chi connectivity index (χ4v) is 5.91. The number of carbonyl (C=O) groups is 2. The zero-order chi connectivity index (χ0) is 29.1. The second kappa shape index (κ2) is 11.9. The summed E-state index contributed by atoms with van der Waals surface area (Å²) in [5, 5.41) is 18.7. The van der Waals surface area contributed by atoms with Crippen LogP contribution in [0.4, 0.5) is 0 Å². The van der Waals surface area contributed by atoms with Crippen LogP contribution in [0.15, 0.2) is 97.1 Å². The zero-order valence-corrected chi connectivity index (χ0v) is 23.3. The van der Waals surface area contributed by atoms with Gasteiger partial charge in [0.2, 0.25) is 0 Å². The van der Waals surface area contributed by atoms with Crippen molar-refractivity contribution in [2.75, 3.05) is 0 Å². The highest BCUT2D eigenvalue weighted by Gasteiger charge is 2.18. The summed E-state index contributed by atoms with van der Waals surface area (Å²) in [5.74, 6) is -1.02. The number of aliphatic carboxylic acids is 2. The van der Waals surface area contributed by atoms with E-state index in [1.807, 2.05) is 54.6 Å². The maximum Gasteiger partial charge on any atom is 0.307 e. The van der Waals surface area contributed by atoms with Crippen LogP contribution >= 0.6 is 0 Å². The summed E-state index contributed by atoms with van der Waals surface area (Å²) in [6.07, 6.45) is 7.01. The van der Waals surface area contributed by atoms with Crippen LogP contribution in [0.1, 0.15) is 47.9 Å². The molecular formula is C36H32N2O4. The number of hydrogen-bond acceptors (Lipinski definition) is 3. The number of benzene rings is 4. The van der Waals surface area contributed by atoms with E-state index >= 15 is 0 Å². The minimum absolute atomic E-state index is 0.0420. The molecule has 0 radical (unpaired) electrons. The van der Waals surface area contributed by atoms with Crippen molar-refractivity contribution < 1.29 is 19.8 Å². The minimum atomic E-state index is -0.884. The predicted octanol–water partition coefficient (Wildman–Crippen LogP) is 7.63. The fourth-order valence-electron chi connectivity index (χ4n) is 5.91. The van der Waals surface area contributed by atoms with Gasteiger partial charge >= 0.3 is 11.9 Å². The molecule has 42 heavy (non-hydrogen) atoms. The van der Waals surface area contributed by atoms with Crippen LogP contribution in [0.3, 0.4) is 0 Å². The lowest BCUT2D eigenvalue weighted by atomic mass is 9.92. The number of fused-ring (bicyclic) bond motifs is 1. The number of carboxylic acids is 2. The van der Waals surface area contributed by atoms with Gasteiger partial charge in [0.1, 0.15) is 5.82 Å². The molecule has 4 aromatic carbocycles. The van der Waals surface area contributed by atoms with E-state index < -0.39 is 11.9 Å². The van der Waals surface area contributed by atoms with E-state index in [1.54, 1.807) is 0 Å². The third-order valence-corrected chi connectivity index (χ3v) is 7.86. The summed E-state index contributed by atoms with van der Waals surface area (Å²) in [4.78, 5) is 27.9. The zero-order valence-electron chi connectivity index (χ0n) is 23.3. The molecule has 1 aliphatic rings. The second-order valence-electron chi connectivity index (χ2n) is 10.9. The molecule has 2 N–H and O–H groups in total. The Labute approximate surface area is 244 Å². The smallest absolute Gasteiger partial charge is 0.307 e. The third-order valence-electron chi connectivity index (χ3n) is 7.86. The molecule has 5 aromatic rings. The first-order valence-electron chi connectivity index (χ1n) is 14.3. The number of rotatable bonds is 9. The van der Waals surface area contributed by atoms with Crippen molar-refractivity contribution in [3.63, 3.8) is 0 Å². The molecule has 0 spiro atoms. The normalized spacial score (nSPS) is 13.2. The van der Waals surface area contributed by atoms with E-state index in [1.165, 1.54) is 24.0 Å². The van der Waals surface area contributed by atoms with E-state index in [0.717, 1.165) is 57.5 Å². The van der Waals surface area contributed by atoms with Crippen LogP contribution in [0.5, 0.6) is 0 Å². The van der Waals surface area contributed by atoms with Gasteiger partial charge in [-0.2, -0.15) is 0 Å². The van der Waals surface area contributed by atoms with Gasteiger partial charge in [0.15, 0.2) is 0 Å². The average Bonchev–Trinajstić information content (AvgIpc) is 3.36. The summed E-state index contributed by atoms with van der Waals surface area (Å²) in [6, 6.07) is 30.1. The van der Waals surface area contributed by atoms with Crippen molar-refractivity contribution in [1.82, 2.24) is 9.55 Å². The molecule has 0 amide bonds. The topological polar surface area (TPSA) is 92.4 Å². The average molecular weight is 557 g/mol. The highest BCUT2D eigenvalue weighted by atomic mass is 16.4. The van der Waals surface area contributed by atoms with Crippen molar-refractivity contribution in [3.05, 3.63) is 119 Å². The standard InChI is InChI=1S/C36H32N2O4/c39-33(40)21-24-7-4-9-26(19-24)23-38-32-14-6-13-31(29-17-15-28(16-18-29)27-10-2-1-3-11-27)35(32)37-36(38)30-12-5-8-25(20-30)22-34(41)42/h4-10,12-20H,1-3,11,21-23H2,(H,39,40)(H,41,42). The quantitative estimate of drug-likeness (QED) is 0.195. The molecule has 1 heterocycles. The number of allylic oxidation sites excluding steroid dienone is 2. The van der Waals surface area contributed by atoms with E-state index in [0.29, 0.717) is 12.1 Å². The molecule has 0 saturated carbocycles. The van der Waals surface area contributed by atoms with Crippen LogP contribution in [-0.4, -0.2) is 31.7 Å². The Kier molecular flexibility index (Phi) is 7.69. The molecule has 210 valence electrons. The molecule has 6 heteroatoms. The summed E-state index contributed by atoms with van der Waals surface area (Å²) in [7, 11) is 0. The van der Waals surface area contributed by atoms with Crippen LogP contribution in [0.25, 0.3) is 39.1 Å².